The van der Waals surface area contributed by atoms with Gasteiger partial charge in [-0.25, -0.2) is 0 Å². The Morgan fingerprint density at radius 3 is 2.14 bits per heavy atom. The lowest BCUT2D eigenvalue weighted by Gasteiger charge is -2.36. The molecule has 0 radical (unpaired) electrons. The smallest absolute Gasteiger partial charge is 0.245 e. The van der Waals surface area contributed by atoms with Gasteiger partial charge in [0.2, 0.25) is 11.8 Å². The van der Waals surface area contributed by atoms with Gasteiger partial charge in [-0.3, -0.25) is 9.59 Å². The van der Waals surface area contributed by atoms with Crippen LogP contribution in [0.3, 0.4) is 0 Å². The Kier molecular flexibility index (Phi) is 8.10. The van der Waals surface area contributed by atoms with Crippen LogP contribution in [0.25, 0.3) is 0 Å². The van der Waals surface area contributed by atoms with Gasteiger partial charge in [0.25, 0.3) is 0 Å². The summed E-state index contributed by atoms with van der Waals surface area (Å²) in [5.74, 6) is 0.456. The number of halogens is 2. The normalized spacial score (nSPS) is 28.9. The van der Waals surface area contributed by atoms with Crippen molar-refractivity contribution in [3.05, 3.63) is 69.7 Å². The maximum absolute atomic E-state index is 13.9. The SMILES string of the molecule is CC(N)C1CCCC(C(=O)N2C[C@@H](c3ccc(Cl)cc3)C[C@H]2C(=O)N2CC[C@H](c3ccc(Cl)cc3)C2)N1. The quantitative estimate of drug-likeness (QED) is 0.580. The van der Waals surface area contributed by atoms with E-state index in [1.54, 1.807) is 0 Å². The molecular formula is C29H36Cl2N4O2. The average molecular weight is 544 g/mol. The first-order valence-corrected chi connectivity index (χ1v) is 14.2. The highest BCUT2D eigenvalue weighted by atomic mass is 35.5. The van der Waals surface area contributed by atoms with Gasteiger partial charge in [-0.15, -0.1) is 0 Å². The summed E-state index contributed by atoms with van der Waals surface area (Å²) in [6, 6.07) is 15.0. The first kappa shape index (κ1) is 26.5. The predicted molar refractivity (Wildman–Crippen MR) is 148 cm³/mol. The Morgan fingerprint density at radius 2 is 1.51 bits per heavy atom. The molecule has 3 N–H and O–H groups in total. The van der Waals surface area contributed by atoms with Gasteiger partial charge in [0.1, 0.15) is 6.04 Å². The topological polar surface area (TPSA) is 78.7 Å². The number of nitrogens with two attached hydrogens (primary N) is 1. The van der Waals surface area contributed by atoms with Crippen LogP contribution in [0.4, 0.5) is 0 Å². The van der Waals surface area contributed by atoms with Gasteiger partial charge in [-0.05, 0) is 74.4 Å². The molecule has 5 rings (SSSR count). The molecule has 6 nitrogen and oxygen atoms in total. The molecule has 0 bridgehead atoms. The van der Waals surface area contributed by atoms with Crippen molar-refractivity contribution in [1.82, 2.24) is 15.1 Å². The number of piperidine rings is 1. The molecule has 3 unspecified atom stereocenters. The fourth-order valence-electron chi connectivity index (χ4n) is 6.24. The standard InChI is InChI=1S/C29H36Cl2N4O2/c1-18(32)25-3-2-4-26(33-25)28(36)35-17-22(20-7-11-24(31)12-8-20)15-27(35)29(37)34-14-13-21(16-34)19-5-9-23(30)10-6-19/h5-12,18,21-22,25-27,33H,2-4,13-17,32H2,1H3/t18?,21-,22-,25?,26?,27-/m0/s1. The molecule has 37 heavy (non-hydrogen) atoms. The number of carbonyl (C=O) groups is 2. The van der Waals surface area contributed by atoms with E-state index in [9.17, 15) is 9.59 Å². The zero-order chi connectivity index (χ0) is 26.1. The first-order valence-electron chi connectivity index (χ1n) is 13.4. The highest BCUT2D eigenvalue weighted by Gasteiger charge is 2.45. The van der Waals surface area contributed by atoms with Crippen LogP contribution < -0.4 is 11.1 Å². The summed E-state index contributed by atoms with van der Waals surface area (Å²) >= 11 is 12.2. The number of benzene rings is 2. The van der Waals surface area contributed by atoms with Crippen LogP contribution in [0.1, 0.15) is 62.0 Å². The van der Waals surface area contributed by atoms with Crippen molar-refractivity contribution in [3.8, 4) is 0 Å². The van der Waals surface area contributed by atoms with Gasteiger partial charge in [0, 0.05) is 53.6 Å². The fourth-order valence-corrected chi connectivity index (χ4v) is 6.50. The maximum Gasteiger partial charge on any atom is 0.245 e. The molecule has 3 saturated heterocycles. The molecule has 2 amide bonds. The van der Waals surface area contributed by atoms with E-state index in [-0.39, 0.29) is 41.8 Å². The van der Waals surface area contributed by atoms with Crippen molar-refractivity contribution in [3.63, 3.8) is 0 Å². The maximum atomic E-state index is 13.9. The van der Waals surface area contributed by atoms with Crippen LogP contribution in [0.2, 0.25) is 10.0 Å². The summed E-state index contributed by atoms with van der Waals surface area (Å²) in [5.41, 5.74) is 8.47. The Morgan fingerprint density at radius 1 is 0.892 bits per heavy atom. The molecule has 0 aliphatic carbocycles. The Labute approximate surface area is 229 Å². The van der Waals surface area contributed by atoms with E-state index in [2.05, 4.69) is 5.32 Å². The van der Waals surface area contributed by atoms with Crippen LogP contribution in [0.5, 0.6) is 0 Å². The minimum absolute atomic E-state index is 0.0219. The number of hydrogen-bond donors (Lipinski definition) is 2. The molecule has 2 aromatic carbocycles. The number of hydrogen-bond acceptors (Lipinski definition) is 4. The summed E-state index contributed by atoms with van der Waals surface area (Å²) < 4.78 is 0. The largest absolute Gasteiger partial charge is 0.340 e. The minimum Gasteiger partial charge on any atom is -0.340 e. The van der Waals surface area contributed by atoms with Crippen molar-refractivity contribution in [2.24, 2.45) is 5.73 Å². The van der Waals surface area contributed by atoms with Crippen LogP contribution in [0, 0.1) is 0 Å². The van der Waals surface area contributed by atoms with Crippen molar-refractivity contribution in [2.75, 3.05) is 19.6 Å². The summed E-state index contributed by atoms with van der Waals surface area (Å²) in [4.78, 5) is 31.6. The van der Waals surface area contributed by atoms with Gasteiger partial charge >= 0.3 is 0 Å². The average Bonchev–Trinajstić information content (AvgIpc) is 3.57. The summed E-state index contributed by atoms with van der Waals surface area (Å²) in [6.07, 6.45) is 4.23. The van der Waals surface area contributed by atoms with Crippen molar-refractivity contribution < 1.29 is 9.59 Å². The monoisotopic (exact) mass is 542 g/mol. The lowest BCUT2D eigenvalue weighted by Crippen LogP contribution is -2.58. The number of rotatable bonds is 5. The lowest BCUT2D eigenvalue weighted by molar-refractivity contribution is -0.144. The molecule has 0 aromatic heterocycles. The predicted octanol–water partition coefficient (Wildman–Crippen LogP) is 4.55. The van der Waals surface area contributed by atoms with Crippen LogP contribution in [0.15, 0.2) is 48.5 Å². The van der Waals surface area contributed by atoms with E-state index in [1.165, 1.54) is 5.56 Å². The molecule has 0 saturated carbocycles. The molecule has 3 aliphatic heterocycles. The van der Waals surface area contributed by atoms with Gasteiger partial charge in [0.15, 0.2) is 0 Å². The van der Waals surface area contributed by atoms with Crippen LogP contribution in [-0.2, 0) is 9.59 Å². The second kappa shape index (κ2) is 11.3. The third-order valence-corrected chi connectivity index (χ3v) is 8.91. The van der Waals surface area contributed by atoms with Gasteiger partial charge in [-0.2, -0.15) is 0 Å². The second-order valence-corrected chi connectivity index (χ2v) is 11.8. The van der Waals surface area contributed by atoms with E-state index >= 15 is 0 Å². The fraction of sp³-hybridized carbons (Fsp3) is 0.517. The second-order valence-electron chi connectivity index (χ2n) is 10.9. The zero-order valence-corrected chi connectivity index (χ0v) is 22.8. The number of nitrogens with one attached hydrogen (secondary N) is 1. The molecule has 0 spiro atoms. The molecule has 6 atom stereocenters. The summed E-state index contributed by atoms with van der Waals surface area (Å²) in [7, 11) is 0. The Bertz CT molecular complexity index is 1110. The number of nitrogens with zero attached hydrogens (tertiary/aromatic N) is 2. The highest BCUT2D eigenvalue weighted by Crippen LogP contribution is 2.36. The third-order valence-electron chi connectivity index (χ3n) is 8.41. The Hall–Kier alpha value is -2.12. The number of amides is 2. The molecule has 3 fully saturated rings. The first-order chi connectivity index (χ1) is 17.8. The zero-order valence-electron chi connectivity index (χ0n) is 21.3. The minimum atomic E-state index is -0.463. The summed E-state index contributed by atoms with van der Waals surface area (Å²) in [5, 5.41) is 4.88. The van der Waals surface area contributed by atoms with Crippen LogP contribution >= 0.6 is 23.2 Å². The van der Waals surface area contributed by atoms with Crippen molar-refractivity contribution in [2.45, 2.75) is 75.0 Å². The lowest BCUT2D eigenvalue weighted by atomic mass is 9.94. The highest BCUT2D eigenvalue weighted by molar-refractivity contribution is 6.30. The van der Waals surface area contributed by atoms with E-state index in [0.717, 1.165) is 31.2 Å². The van der Waals surface area contributed by atoms with Gasteiger partial charge in [-0.1, -0.05) is 47.5 Å². The molecule has 8 heteroatoms. The van der Waals surface area contributed by atoms with E-state index in [0.29, 0.717) is 36.1 Å². The number of likely N-dealkylation sites (tertiary alicyclic amines) is 2. The third kappa shape index (κ3) is 5.83. The van der Waals surface area contributed by atoms with Crippen LogP contribution in [-0.4, -0.2) is 65.4 Å². The molecule has 3 heterocycles. The summed E-state index contributed by atoms with van der Waals surface area (Å²) in [6.45, 7) is 3.88. The Balaban J connectivity index is 1.34. The molecule has 198 valence electrons. The van der Waals surface area contributed by atoms with Gasteiger partial charge < -0.3 is 20.9 Å². The van der Waals surface area contributed by atoms with Crippen molar-refractivity contribution >= 4 is 35.0 Å². The molecular weight excluding hydrogens is 507 g/mol. The van der Waals surface area contributed by atoms with Crippen molar-refractivity contribution in [1.29, 1.82) is 0 Å². The molecule has 3 aliphatic rings. The van der Waals surface area contributed by atoms with E-state index < -0.39 is 6.04 Å². The van der Waals surface area contributed by atoms with E-state index in [4.69, 9.17) is 28.9 Å². The molecule has 2 aromatic rings. The van der Waals surface area contributed by atoms with E-state index in [1.807, 2.05) is 65.3 Å². The number of carbonyl (C=O) groups excluding carboxylic acids is 2. The van der Waals surface area contributed by atoms with Gasteiger partial charge in [0.05, 0.1) is 6.04 Å².